The van der Waals surface area contributed by atoms with Crippen LogP contribution in [0.5, 0.6) is 0 Å². The Bertz CT molecular complexity index is 648. The van der Waals surface area contributed by atoms with Gasteiger partial charge in [-0.1, -0.05) is 12.1 Å². The molecule has 0 fully saturated rings. The highest BCUT2D eigenvalue weighted by Gasteiger charge is 2.31. The molecule has 0 N–H and O–H groups in total. The highest BCUT2D eigenvalue weighted by molar-refractivity contribution is 7.14. The fourth-order valence-electron chi connectivity index (χ4n) is 2.42. The van der Waals surface area contributed by atoms with Gasteiger partial charge >= 0.3 is 6.18 Å². The van der Waals surface area contributed by atoms with E-state index in [0.717, 1.165) is 31.4 Å². The maximum absolute atomic E-state index is 12.7. The summed E-state index contributed by atoms with van der Waals surface area (Å²) in [6.07, 6.45) is -1.40. The van der Waals surface area contributed by atoms with Crippen molar-refractivity contribution >= 4 is 17.1 Å². The van der Waals surface area contributed by atoms with E-state index in [1.807, 2.05) is 6.07 Å². The Morgan fingerprint density at radius 3 is 2.65 bits per heavy atom. The first kappa shape index (κ1) is 13.4. The monoisotopic (exact) mass is 296 g/mol. The standard InChI is InChI=1S/C15H11F3OS/c16-15(17,18)11-5-1-4-10(7-11)14(19)13-8-9-3-2-6-12(9)20-13/h1,4-5,7-8H,2-3,6H2. The highest BCUT2D eigenvalue weighted by Crippen LogP contribution is 2.33. The maximum Gasteiger partial charge on any atom is 0.416 e. The van der Waals surface area contributed by atoms with Gasteiger partial charge in [0.25, 0.3) is 0 Å². The highest BCUT2D eigenvalue weighted by atomic mass is 32.1. The van der Waals surface area contributed by atoms with E-state index in [4.69, 9.17) is 0 Å². The van der Waals surface area contributed by atoms with Crippen molar-refractivity contribution in [1.82, 2.24) is 0 Å². The molecule has 0 saturated carbocycles. The van der Waals surface area contributed by atoms with Crippen LogP contribution in [0.4, 0.5) is 13.2 Å². The second kappa shape index (κ2) is 4.74. The van der Waals surface area contributed by atoms with Crippen LogP contribution in [0.15, 0.2) is 30.3 Å². The molecule has 0 amide bonds. The van der Waals surface area contributed by atoms with Crippen LogP contribution in [0.25, 0.3) is 0 Å². The number of aryl methyl sites for hydroxylation is 2. The fourth-order valence-corrected chi connectivity index (χ4v) is 3.64. The lowest BCUT2D eigenvalue weighted by molar-refractivity contribution is -0.137. The van der Waals surface area contributed by atoms with Crippen LogP contribution in [-0.4, -0.2) is 5.78 Å². The molecule has 1 aliphatic rings. The zero-order valence-electron chi connectivity index (χ0n) is 10.5. The average Bonchev–Trinajstić information content (AvgIpc) is 2.97. The van der Waals surface area contributed by atoms with Crippen molar-refractivity contribution in [3.63, 3.8) is 0 Å². The van der Waals surface area contributed by atoms with Gasteiger partial charge in [-0.25, -0.2) is 0 Å². The number of alkyl halides is 3. The van der Waals surface area contributed by atoms with Gasteiger partial charge in [-0.3, -0.25) is 4.79 Å². The second-order valence-corrected chi connectivity index (χ2v) is 5.96. The lowest BCUT2D eigenvalue weighted by Crippen LogP contribution is -2.07. The summed E-state index contributed by atoms with van der Waals surface area (Å²) in [5.74, 6) is -0.324. The van der Waals surface area contributed by atoms with E-state index in [1.54, 1.807) is 0 Å². The van der Waals surface area contributed by atoms with Crippen LogP contribution in [0, 0.1) is 0 Å². The third-order valence-corrected chi connectivity index (χ3v) is 4.66. The van der Waals surface area contributed by atoms with E-state index >= 15 is 0 Å². The zero-order valence-corrected chi connectivity index (χ0v) is 11.3. The van der Waals surface area contributed by atoms with Gasteiger partial charge in [0, 0.05) is 10.4 Å². The Kier molecular flexibility index (Phi) is 3.17. The van der Waals surface area contributed by atoms with Gasteiger partial charge in [0.2, 0.25) is 5.78 Å². The van der Waals surface area contributed by atoms with E-state index in [9.17, 15) is 18.0 Å². The van der Waals surface area contributed by atoms with Crippen molar-refractivity contribution in [2.45, 2.75) is 25.4 Å². The van der Waals surface area contributed by atoms with Gasteiger partial charge in [-0.05, 0) is 43.0 Å². The molecule has 0 unspecified atom stereocenters. The molecule has 0 atom stereocenters. The number of halogens is 3. The van der Waals surface area contributed by atoms with Gasteiger partial charge in [-0.15, -0.1) is 11.3 Å². The molecule has 0 aliphatic heterocycles. The van der Waals surface area contributed by atoms with Gasteiger partial charge in [0.15, 0.2) is 0 Å². The number of hydrogen-bond donors (Lipinski definition) is 0. The number of rotatable bonds is 2. The van der Waals surface area contributed by atoms with Crippen LogP contribution in [0.3, 0.4) is 0 Å². The third kappa shape index (κ3) is 2.38. The smallest absolute Gasteiger partial charge is 0.288 e. The van der Waals surface area contributed by atoms with Gasteiger partial charge in [0.05, 0.1) is 10.4 Å². The fraction of sp³-hybridized carbons (Fsp3) is 0.267. The Hall–Kier alpha value is -1.62. The first-order valence-corrected chi connectivity index (χ1v) is 7.10. The van der Waals surface area contributed by atoms with Crippen LogP contribution in [0.2, 0.25) is 0 Å². The molecule has 0 spiro atoms. The predicted molar refractivity (Wildman–Crippen MR) is 71.2 cm³/mol. The van der Waals surface area contributed by atoms with Crippen LogP contribution < -0.4 is 0 Å². The molecule has 1 nitrogen and oxygen atoms in total. The molecule has 20 heavy (non-hydrogen) atoms. The summed E-state index contributed by atoms with van der Waals surface area (Å²) >= 11 is 1.41. The van der Waals surface area contributed by atoms with Crippen LogP contribution >= 0.6 is 11.3 Å². The van der Waals surface area contributed by atoms with Crippen molar-refractivity contribution in [3.05, 3.63) is 56.8 Å². The number of hydrogen-bond acceptors (Lipinski definition) is 2. The molecule has 1 aromatic carbocycles. The minimum Gasteiger partial charge on any atom is -0.288 e. The van der Waals surface area contributed by atoms with Crippen molar-refractivity contribution in [2.24, 2.45) is 0 Å². The minimum absolute atomic E-state index is 0.0970. The number of thiophene rings is 1. The lowest BCUT2D eigenvalue weighted by atomic mass is 10.1. The molecule has 5 heteroatoms. The molecule has 104 valence electrons. The Labute approximate surface area is 118 Å². The molecule has 0 saturated heterocycles. The van der Waals surface area contributed by atoms with Crippen molar-refractivity contribution in [2.75, 3.05) is 0 Å². The summed E-state index contributed by atoms with van der Waals surface area (Å²) in [6, 6.07) is 6.44. The van der Waals surface area contributed by atoms with E-state index in [0.29, 0.717) is 4.88 Å². The summed E-state index contributed by atoms with van der Waals surface area (Å²) in [6.45, 7) is 0. The van der Waals surface area contributed by atoms with E-state index in [1.165, 1.54) is 33.9 Å². The first-order valence-electron chi connectivity index (χ1n) is 6.29. The molecule has 1 aliphatic carbocycles. The SMILES string of the molecule is O=C(c1cccc(C(F)(F)F)c1)c1cc2c(s1)CCC2. The molecular formula is C15H11F3OS. The number of fused-ring (bicyclic) bond motifs is 1. The van der Waals surface area contributed by atoms with Crippen molar-refractivity contribution < 1.29 is 18.0 Å². The van der Waals surface area contributed by atoms with Gasteiger partial charge in [0.1, 0.15) is 0 Å². The normalized spacial score (nSPS) is 14.3. The van der Waals surface area contributed by atoms with E-state index in [-0.39, 0.29) is 11.3 Å². The largest absolute Gasteiger partial charge is 0.416 e. The summed E-state index contributed by atoms with van der Waals surface area (Å²) in [5, 5.41) is 0. The molecule has 1 aromatic heterocycles. The Balaban J connectivity index is 1.94. The first-order chi connectivity index (χ1) is 9.45. The van der Waals surface area contributed by atoms with E-state index < -0.39 is 11.7 Å². The molecular weight excluding hydrogens is 285 g/mol. The third-order valence-electron chi connectivity index (χ3n) is 3.42. The number of carbonyl (C=O) groups excluding carboxylic acids is 1. The summed E-state index contributed by atoms with van der Waals surface area (Å²) in [5.41, 5.74) is 0.484. The number of carbonyl (C=O) groups is 1. The number of ketones is 1. The average molecular weight is 296 g/mol. The quantitative estimate of drug-likeness (QED) is 0.746. The molecule has 0 radical (unpaired) electrons. The molecule has 0 bridgehead atoms. The van der Waals surface area contributed by atoms with Crippen molar-refractivity contribution in [3.8, 4) is 0 Å². The summed E-state index contributed by atoms with van der Waals surface area (Å²) in [7, 11) is 0. The lowest BCUT2D eigenvalue weighted by Gasteiger charge is -2.07. The topological polar surface area (TPSA) is 17.1 Å². The van der Waals surface area contributed by atoms with Crippen LogP contribution in [0.1, 0.15) is 37.7 Å². The minimum atomic E-state index is -4.42. The maximum atomic E-state index is 12.7. The number of benzene rings is 1. The molecule has 2 aromatic rings. The van der Waals surface area contributed by atoms with E-state index in [2.05, 4.69) is 0 Å². The second-order valence-electron chi connectivity index (χ2n) is 4.82. The zero-order chi connectivity index (χ0) is 14.3. The Morgan fingerprint density at radius 2 is 1.95 bits per heavy atom. The van der Waals surface area contributed by atoms with Gasteiger partial charge < -0.3 is 0 Å². The summed E-state index contributed by atoms with van der Waals surface area (Å²) in [4.78, 5) is 14.0. The van der Waals surface area contributed by atoms with Crippen LogP contribution in [-0.2, 0) is 19.0 Å². The molecule has 1 heterocycles. The van der Waals surface area contributed by atoms with Crippen molar-refractivity contribution in [1.29, 1.82) is 0 Å². The van der Waals surface area contributed by atoms with Gasteiger partial charge in [-0.2, -0.15) is 13.2 Å². The predicted octanol–water partition coefficient (Wildman–Crippen LogP) is 4.49. The molecule has 3 rings (SSSR count). The summed E-state index contributed by atoms with van der Waals surface area (Å²) < 4.78 is 38.0. The Morgan fingerprint density at radius 1 is 1.15 bits per heavy atom.